The molecule has 0 atom stereocenters. The Balaban J connectivity index is 2.17. The Bertz CT molecular complexity index is 426. The summed E-state index contributed by atoms with van der Waals surface area (Å²) in [4.78, 5) is 1.27. The molecule has 15 heavy (non-hydrogen) atoms. The lowest BCUT2D eigenvalue weighted by atomic mass is 10.3. The number of hydrogen-bond acceptors (Lipinski definition) is 2. The molecule has 1 N–H and O–H groups in total. The van der Waals surface area contributed by atoms with Crippen LogP contribution in [0.5, 0.6) is 0 Å². The lowest BCUT2D eigenvalue weighted by molar-refractivity contribution is 1.44. The van der Waals surface area contributed by atoms with Crippen LogP contribution in [0, 0.1) is 0 Å². The van der Waals surface area contributed by atoms with Crippen LogP contribution in [0.3, 0.4) is 0 Å². The summed E-state index contributed by atoms with van der Waals surface area (Å²) in [5, 5.41) is 3.37. The first-order chi connectivity index (χ1) is 7.38. The van der Waals surface area contributed by atoms with Gasteiger partial charge in [0.05, 0.1) is 0 Å². The fourth-order valence-corrected chi connectivity index (χ4v) is 1.85. The van der Waals surface area contributed by atoms with Gasteiger partial charge in [0.2, 0.25) is 0 Å². The zero-order valence-corrected chi connectivity index (χ0v) is 9.42. The molecular formula is C13H13NS. The molecule has 0 aromatic heterocycles. The van der Waals surface area contributed by atoms with E-state index >= 15 is 0 Å². The van der Waals surface area contributed by atoms with Crippen LogP contribution in [0.4, 0.5) is 11.4 Å². The van der Waals surface area contributed by atoms with Crippen LogP contribution >= 0.6 is 11.8 Å². The summed E-state index contributed by atoms with van der Waals surface area (Å²) in [6.07, 6.45) is 2.08. The quantitative estimate of drug-likeness (QED) is 0.772. The van der Waals surface area contributed by atoms with E-state index in [0.29, 0.717) is 0 Å². The standard InChI is InChI=1S/C13H13NS/c1-15-13-9-5-8-12(10-13)14-11-6-3-2-4-7-11/h2-10,14H,1H3. The zero-order chi connectivity index (χ0) is 10.5. The molecule has 0 aliphatic heterocycles. The normalized spacial score (nSPS) is 9.93. The van der Waals surface area contributed by atoms with Gasteiger partial charge in [-0.05, 0) is 36.6 Å². The molecular weight excluding hydrogens is 202 g/mol. The molecule has 0 saturated carbocycles. The van der Waals surface area contributed by atoms with Gasteiger partial charge in [-0.15, -0.1) is 11.8 Å². The Hall–Kier alpha value is -1.41. The number of rotatable bonds is 3. The van der Waals surface area contributed by atoms with Crippen molar-refractivity contribution in [3.05, 3.63) is 54.6 Å². The molecule has 2 heteroatoms. The van der Waals surface area contributed by atoms with E-state index in [9.17, 15) is 0 Å². The van der Waals surface area contributed by atoms with Crippen LogP contribution < -0.4 is 5.32 Å². The van der Waals surface area contributed by atoms with Crippen molar-refractivity contribution in [2.45, 2.75) is 4.90 Å². The minimum absolute atomic E-state index is 1.12. The molecule has 0 radical (unpaired) electrons. The van der Waals surface area contributed by atoms with Crippen molar-refractivity contribution in [2.24, 2.45) is 0 Å². The molecule has 0 saturated heterocycles. The summed E-state index contributed by atoms with van der Waals surface area (Å²) in [6, 6.07) is 18.6. The van der Waals surface area contributed by atoms with Crippen LogP contribution in [-0.2, 0) is 0 Å². The smallest absolute Gasteiger partial charge is 0.0395 e. The third-order valence-corrected chi connectivity index (χ3v) is 2.86. The highest BCUT2D eigenvalue weighted by Gasteiger charge is 1.94. The van der Waals surface area contributed by atoms with Gasteiger partial charge in [-0.2, -0.15) is 0 Å². The van der Waals surface area contributed by atoms with Gasteiger partial charge < -0.3 is 5.32 Å². The van der Waals surface area contributed by atoms with E-state index in [1.54, 1.807) is 11.8 Å². The van der Waals surface area contributed by atoms with Gasteiger partial charge in [0.15, 0.2) is 0 Å². The monoisotopic (exact) mass is 215 g/mol. The van der Waals surface area contributed by atoms with E-state index in [1.807, 2.05) is 18.2 Å². The van der Waals surface area contributed by atoms with E-state index in [-0.39, 0.29) is 0 Å². The highest BCUT2D eigenvalue weighted by Crippen LogP contribution is 2.21. The minimum Gasteiger partial charge on any atom is -0.355 e. The summed E-state index contributed by atoms with van der Waals surface area (Å²) in [6.45, 7) is 0. The second-order valence-electron chi connectivity index (χ2n) is 3.22. The average Bonchev–Trinajstić information content (AvgIpc) is 2.31. The average molecular weight is 215 g/mol. The Labute approximate surface area is 94.5 Å². The first-order valence-electron chi connectivity index (χ1n) is 4.84. The predicted molar refractivity (Wildman–Crippen MR) is 67.9 cm³/mol. The molecule has 0 amide bonds. The van der Waals surface area contributed by atoms with Crippen LogP contribution in [0.25, 0.3) is 0 Å². The Morgan fingerprint density at radius 2 is 1.60 bits per heavy atom. The first-order valence-corrected chi connectivity index (χ1v) is 6.07. The lowest BCUT2D eigenvalue weighted by Crippen LogP contribution is -1.89. The predicted octanol–water partition coefficient (Wildman–Crippen LogP) is 4.15. The van der Waals surface area contributed by atoms with Gasteiger partial charge in [0, 0.05) is 16.3 Å². The van der Waals surface area contributed by atoms with E-state index in [1.165, 1.54) is 4.90 Å². The molecule has 0 aliphatic rings. The Kier molecular flexibility index (Phi) is 3.30. The van der Waals surface area contributed by atoms with E-state index in [4.69, 9.17) is 0 Å². The van der Waals surface area contributed by atoms with Crippen molar-refractivity contribution in [1.82, 2.24) is 0 Å². The second-order valence-corrected chi connectivity index (χ2v) is 4.10. The number of anilines is 2. The summed E-state index contributed by atoms with van der Waals surface area (Å²) in [7, 11) is 0. The Morgan fingerprint density at radius 1 is 0.867 bits per heavy atom. The van der Waals surface area contributed by atoms with E-state index in [2.05, 4.69) is 48.0 Å². The summed E-state index contributed by atoms with van der Waals surface area (Å²) in [5.74, 6) is 0. The molecule has 0 bridgehead atoms. The van der Waals surface area contributed by atoms with Crippen molar-refractivity contribution in [3.8, 4) is 0 Å². The van der Waals surface area contributed by atoms with Crippen LogP contribution in [0.15, 0.2) is 59.5 Å². The van der Waals surface area contributed by atoms with Crippen molar-refractivity contribution in [3.63, 3.8) is 0 Å². The molecule has 0 fully saturated rings. The molecule has 0 heterocycles. The zero-order valence-electron chi connectivity index (χ0n) is 8.60. The fraction of sp³-hybridized carbons (Fsp3) is 0.0769. The van der Waals surface area contributed by atoms with Gasteiger partial charge in [-0.25, -0.2) is 0 Å². The van der Waals surface area contributed by atoms with Gasteiger partial charge in [-0.3, -0.25) is 0 Å². The van der Waals surface area contributed by atoms with Crippen molar-refractivity contribution >= 4 is 23.1 Å². The molecule has 76 valence electrons. The SMILES string of the molecule is CSc1cccc(Nc2ccccc2)c1. The topological polar surface area (TPSA) is 12.0 Å². The molecule has 0 aliphatic carbocycles. The molecule has 0 unspecified atom stereocenters. The minimum atomic E-state index is 1.12. The second kappa shape index (κ2) is 4.89. The summed E-state index contributed by atoms with van der Waals surface area (Å²) >= 11 is 1.75. The number of hydrogen-bond donors (Lipinski definition) is 1. The third kappa shape index (κ3) is 2.77. The maximum atomic E-state index is 3.37. The molecule has 1 nitrogen and oxygen atoms in total. The largest absolute Gasteiger partial charge is 0.355 e. The first kappa shape index (κ1) is 10.1. The van der Waals surface area contributed by atoms with E-state index < -0.39 is 0 Å². The van der Waals surface area contributed by atoms with Gasteiger partial charge >= 0.3 is 0 Å². The maximum absolute atomic E-state index is 3.37. The van der Waals surface area contributed by atoms with Gasteiger partial charge in [-0.1, -0.05) is 24.3 Å². The van der Waals surface area contributed by atoms with Crippen LogP contribution in [0.2, 0.25) is 0 Å². The number of thioether (sulfide) groups is 1. The summed E-state index contributed by atoms with van der Waals surface area (Å²) in [5.41, 5.74) is 2.25. The van der Waals surface area contributed by atoms with Gasteiger partial charge in [0.1, 0.15) is 0 Å². The highest BCUT2D eigenvalue weighted by molar-refractivity contribution is 7.98. The van der Waals surface area contributed by atoms with Crippen molar-refractivity contribution in [2.75, 3.05) is 11.6 Å². The number of para-hydroxylation sites is 1. The summed E-state index contributed by atoms with van der Waals surface area (Å²) < 4.78 is 0. The molecule has 2 aromatic carbocycles. The van der Waals surface area contributed by atoms with Crippen LogP contribution in [0.1, 0.15) is 0 Å². The fourth-order valence-electron chi connectivity index (χ4n) is 1.39. The maximum Gasteiger partial charge on any atom is 0.0395 e. The van der Waals surface area contributed by atoms with Crippen LogP contribution in [-0.4, -0.2) is 6.26 Å². The molecule has 2 aromatic rings. The lowest BCUT2D eigenvalue weighted by Gasteiger charge is -2.06. The third-order valence-electron chi connectivity index (χ3n) is 2.13. The number of benzene rings is 2. The Morgan fingerprint density at radius 3 is 2.33 bits per heavy atom. The van der Waals surface area contributed by atoms with Crippen molar-refractivity contribution < 1.29 is 0 Å². The van der Waals surface area contributed by atoms with Crippen molar-refractivity contribution in [1.29, 1.82) is 0 Å². The number of nitrogens with one attached hydrogen (secondary N) is 1. The molecule has 2 rings (SSSR count). The molecule has 0 spiro atoms. The van der Waals surface area contributed by atoms with E-state index in [0.717, 1.165) is 11.4 Å². The van der Waals surface area contributed by atoms with Gasteiger partial charge in [0.25, 0.3) is 0 Å². The highest BCUT2D eigenvalue weighted by atomic mass is 32.2.